The summed E-state index contributed by atoms with van der Waals surface area (Å²) in [4.78, 5) is 19.2. The summed E-state index contributed by atoms with van der Waals surface area (Å²) in [5.74, 6) is -1.70. The average molecular weight is 455 g/mol. The molecule has 11 heteroatoms. The number of amides is 2. The molecule has 0 saturated carbocycles. The van der Waals surface area contributed by atoms with Crippen LogP contribution in [0, 0.1) is 11.3 Å². The topological polar surface area (TPSA) is 72.3 Å². The number of pyridine rings is 1. The van der Waals surface area contributed by atoms with Crippen molar-refractivity contribution in [1.29, 1.82) is 5.41 Å². The number of carbonyl (C=O) groups is 1. The molecule has 2 aromatic rings. The molecule has 3 heterocycles. The van der Waals surface area contributed by atoms with Crippen molar-refractivity contribution >= 4 is 28.8 Å². The molecule has 32 heavy (non-hydrogen) atoms. The van der Waals surface area contributed by atoms with Crippen molar-refractivity contribution in [2.24, 2.45) is 5.92 Å². The van der Waals surface area contributed by atoms with Gasteiger partial charge in [0.2, 0.25) is 0 Å². The molecule has 6 nitrogen and oxygen atoms in total. The Hall–Kier alpha value is -2.98. The highest BCUT2D eigenvalue weighted by molar-refractivity contribution is 6.02. The van der Waals surface area contributed by atoms with Crippen molar-refractivity contribution in [3.8, 4) is 0 Å². The molecular weight excluding hydrogens is 433 g/mol. The summed E-state index contributed by atoms with van der Waals surface area (Å²) >= 11 is 0. The highest BCUT2D eigenvalue weighted by Gasteiger charge is 2.45. The van der Waals surface area contributed by atoms with Crippen LogP contribution in [0.5, 0.6) is 0 Å². The van der Waals surface area contributed by atoms with Gasteiger partial charge in [0.05, 0.1) is 24.5 Å². The van der Waals surface area contributed by atoms with E-state index in [4.69, 9.17) is 5.41 Å². The van der Waals surface area contributed by atoms with Crippen LogP contribution in [0.15, 0.2) is 30.5 Å². The molecule has 2 aliphatic rings. The van der Waals surface area contributed by atoms with Gasteiger partial charge >= 0.3 is 12.2 Å². The van der Waals surface area contributed by atoms with E-state index >= 15 is 0 Å². The van der Waals surface area contributed by atoms with Crippen LogP contribution in [0.25, 0.3) is 10.9 Å². The molecule has 0 unspecified atom stereocenters. The molecule has 0 spiro atoms. The minimum Gasteiger partial charge on any atom is -0.368 e. The fraction of sp³-hybridized carbons (Fsp3) is 0.476. The summed E-state index contributed by atoms with van der Waals surface area (Å²) in [6.07, 6.45) is -5.72. The first-order valence-electron chi connectivity index (χ1n) is 10.2. The van der Waals surface area contributed by atoms with Gasteiger partial charge in [0, 0.05) is 48.2 Å². The molecule has 2 amide bonds. The van der Waals surface area contributed by atoms with Gasteiger partial charge in [-0.15, -0.1) is 0 Å². The molecule has 0 radical (unpaired) electrons. The maximum absolute atomic E-state index is 13.7. The summed E-state index contributed by atoms with van der Waals surface area (Å²) in [5.41, 5.74) is 1.55. The maximum atomic E-state index is 13.7. The number of urea groups is 1. The molecule has 2 saturated heterocycles. The normalized spacial score (nSPS) is 26.4. The first kappa shape index (κ1) is 22.2. The SMILES string of the molecule is N=Cc1ccc(N2C[C@H](NC(=O)N3C[C@@H](F)[C@@H](F)C3)C[C@H](C(F)(F)F)C2)c2cccnc12. The second-order valence-corrected chi connectivity index (χ2v) is 8.18. The quantitative estimate of drug-likeness (QED) is 0.548. The van der Waals surface area contributed by atoms with E-state index in [9.17, 15) is 26.7 Å². The van der Waals surface area contributed by atoms with Gasteiger partial charge in [-0.3, -0.25) is 4.98 Å². The summed E-state index contributed by atoms with van der Waals surface area (Å²) in [6, 6.07) is 5.01. The zero-order valence-corrected chi connectivity index (χ0v) is 16.9. The van der Waals surface area contributed by atoms with Crippen molar-refractivity contribution in [3.63, 3.8) is 0 Å². The van der Waals surface area contributed by atoms with E-state index in [2.05, 4.69) is 10.3 Å². The summed E-state index contributed by atoms with van der Waals surface area (Å²) in [7, 11) is 0. The molecule has 2 fully saturated rings. The molecule has 0 aliphatic carbocycles. The van der Waals surface area contributed by atoms with E-state index in [0.717, 1.165) is 11.1 Å². The Kier molecular flexibility index (Phi) is 5.91. The second kappa shape index (κ2) is 8.51. The zero-order chi connectivity index (χ0) is 23.0. The number of hydrogen-bond donors (Lipinski definition) is 2. The summed E-state index contributed by atoms with van der Waals surface area (Å²) in [6.45, 7) is -1.05. The first-order valence-corrected chi connectivity index (χ1v) is 10.2. The monoisotopic (exact) mass is 455 g/mol. The third kappa shape index (κ3) is 4.33. The number of fused-ring (bicyclic) bond motifs is 1. The van der Waals surface area contributed by atoms with Gasteiger partial charge < -0.3 is 20.5 Å². The first-order chi connectivity index (χ1) is 15.2. The van der Waals surface area contributed by atoms with Crippen LogP contribution in [0.3, 0.4) is 0 Å². The number of benzene rings is 1. The van der Waals surface area contributed by atoms with Crippen molar-refractivity contribution in [3.05, 3.63) is 36.0 Å². The van der Waals surface area contributed by atoms with Gasteiger partial charge in [-0.25, -0.2) is 13.6 Å². The average Bonchev–Trinajstić information content (AvgIpc) is 3.10. The number of halogens is 5. The highest BCUT2D eigenvalue weighted by Crippen LogP contribution is 2.37. The lowest BCUT2D eigenvalue weighted by molar-refractivity contribution is -0.177. The number of alkyl halides is 5. The number of likely N-dealkylation sites (tertiary alicyclic amines) is 1. The van der Waals surface area contributed by atoms with E-state index in [1.807, 2.05) is 0 Å². The fourth-order valence-electron chi connectivity index (χ4n) is 4.37. The smallest absolute Gasteiger partial charge is 0.368 e. The van der Waals surface area contributed by atoms with Crippen LogP contribution >= 0.6 is 0 Å². The van der Waals surface area contributed by atoms with Gasteiger partial charge in [-0.2, -0.15) is 13.2 Å². The summed E-state index contributed by atoms with van der Waals surface area (Å²) in [5, 5.41) is 10.7. The number of hydrogen-bond acceptors (Lipinski definition) is 4. The number of nitrogens with one attached hydrogen (secondary N) is 2. The van der Waals surface area contributed by atoms with Gasteiger partial charge in [0.1, 0.15) is 0 Å². The fourth-order valence-corrected chi connectivity index (χ4v) is 4.37. The Bertz CT molecular complexity index is 1010. The van der Waals surface area contributed by atoms with E-state index in [0.29, 0.717) is 22.2 Å². The van der Waals surface area contributed by atoms with Gasteiger partial charge in [0.25, 0.3) is 0 Å². The Morgan fingerprint density at radius 1 is 1.12 bits per heavy atom. The number of aromatic nitrogens is 1. The molecule has 4 atom stereocenters. The number of piperidine rings is 1. The van der Waals surface area contributed by atoms with E-state index in [1.54, 1.807) is 35.4 Å². The predicted molar refractivity (Wildman–Crippen MR) is 110 cm³/mol. The molecule has 4 rings (SSSR count). The second-order valence-electron chi connectivity index (χ2n) is 8.18. The summed E-state index contributed by atoms with van der Waals surface area (Å²) < 4.78 is 67.9. The molecule has 172 valence electrons. The Balaban J connectivity index is 1.61. The lowest BCUT2D eigenvalue weighted by atomic mass is 9.92. The molecular formula is C21H22F5N5O. The Morgan fingerprint density at radius 2 is 1.84 bits per heavy atom. The maximum Gasteiger partial charge on any atom is 0.393 e. The minimum absolute atomic E-state index is 0.0954. The van der Waals surface area contributed by atoms with Gasteiger partial charge in [-0.1, -0.05) is 0 Å². The third-order valence-corrected chi connectivity index (χ3v) is 5.98. The van der Waals surface area contributed by atoms with Crippen LogP contribution in [0.1, 0.15) is 12.0 Å². The van der Waals surface area contributed by atoms with Gasteiger partial charge in [0.15, 0.2) is 12.3 Å². The predicted octanol–water partition coefficient (Wildman–Crippen LogP) is 3.69. The lowest BCUT2D eigenvalue weighted by Crippen LogP contribution is -2.56. The minimum atomic E-state index is -4.48. The third-order valence-electron chi connectivity index (χ3n) is 5.98. The Labute approximate surface area is 180 Å². The van der Waals surface area contributed by atoms with Crippen molar-refractivity contribution in [2.75, 3.05) is 31.1 Å². The van der Waals surface area contributed by atoms with Crippen LogP contribution in [0.4, 0.5) is 32.4 Å². The number of rotatable bonds is 3. The number of carbonyl (C=O) groups excluding carboxylic acids is 1. The van der Waals surface area contributed by atoms with E-state index < -0.39 is 49.6 Å². The van der Waals surface area contributed by atoms with Crippen LogP contribution < -0.4 is 10.2 Å². The molecule has 0 bridgehead atoms. The van der Waals surface area contributed by atoms with Crippen LogP contribution in [-0.4, -0.2) is 72.9 Å². The van der Waals surface area contributed by atoms with Crippen LogP contribution in [-0.2, 0) is 0 Å². The number of nitrogens with zero attached hydrogens (tertiary/aromatic N) is 3. The molecule has 2 N–H and O–H groups in total. The van der Waals surface area contributed by atoms with Gasteiger partial charge in [-0.05, 0) is 30.7 Å². The molecule has 2 aliphatic heterocycles. The largest absolute Gasteiger partial charge is 0.393 e. The Morgan fingerprint density at radius 3 is 2.50 bits per heavy atom. The van der Waals surface area contributed by atoms with E-state index in [-0.39, 0.29) is 19.5 Å². The van der Waals surface area contributed by atoms with Crippen molar-refractivity contribution in [1.82, 2.24) is 15.2 Å². The van der Waals surface area contributed by atoms with Crippen LogP contribution in [0.2, 0.25) is 0 Å². The van der Waals surface area contributed by atoms with Crippen molar-refractivity contribution in [2.45, 2.75) is 31.0 Å². The number of anilines is 1. The van der Waals surface area contributed by atoms with Crippen molar-refractivity contribution < 1.29 is 26.7 Å². The zero-order valence-electron chi connectivity index (χ0n) is 16.9. The highest BCUT2D eigenvalue weighted by atomic mass is 19.4. The molecule has 1 aromatic heterocycles. The standard InChI is InChI=1S/C21H22F5N5O/c22-16-10-31(11-17(16)23)20(32)29-14-6-13(21(24,25)26)8-30(9-14)18-4-3-12(7-27)19-15(18)2-1-5-28-19/h1-5,7,13-14,16-17,27H,6,8-11H2,(H,29,32)/t13-,14+,16-,17+/m0/s1. The van der Waals surface area contributed by atoms with E-state index in [1.165, 1.54) is 0 Å². The lowest BCUT2D eigenvalue weighted by Gasteiger charge is -2.40. The molecule has 1 aromatic carbocycles.